The van der Waals surface area contributed by atoms with Gasteiger partial charge in [-0.1, -0.05) is 6.42 Å². The highest BCUT2D eigenvalue weighted by Gasteiger charge is 2.24. The predicted octanol–water partition coefficient (Wildman–Crippen LogP) is 1.91. The van der Waals surface area contributed by atoms with Crippen LogP contribution in [0.4, 0.5) is 11.4 Å². The Morgan fingerprint density at radius 3 is 2.91 bits per heavy atom. The average molecular weight is 326 g/mol. The minimum Gasteiger partial charge on any atom is -0.479 e. The van der Waals surface area contributed by atoms with E-state index in [0.29, 0.717) is 17.1 Å². The first kappa shape index (κ1) is 16.6. The quantitative estimate of drug-likeness (QED) is 0.776. The lowest BCUT2D eigenvalue weighted by Gasteiger charge is -2.25. The number of anilines is 2. The number of hydrogen-bond acceptors (Lipinski definition) is 4. The van der Waals surface area contributed by atoms with E-state index in [2.05, 4.69) is 16.0 Å². The zero-order valence-corrected chi connectivity index (χ0v) is 13.2. The van der Waals surface area contributed by atoms with Crippen LogP contribution < -0.4 is 20.7 Å². The fourth-order valence-electron chi connectivity index (χ4n) is 2.59. The van der Waals surface area contributed by atoms with Gasteiger partial charge in [-0.3, -0.25) is 9.59 Å². The molecular weight excluding hydrogens is 306 g/mol. The van der Waals surface area contributed by atoms with Gasteiger partial charge in [0.05, 0.1) is 11.7 Å². The van der Waals surface area contributed by atoms with Gasteiger partial charge in [0.2, 0.25) is 5.91 Å². The number of amides is 2. The van der Waals surface area contributed by atoms with Gasteiger partial charge in [-0.2, -0.15) is 0 Å². The third-order valence-corrected chi connectivity index (χ3v) is 3.80. The van der Waals surface area contributed by atoms with Crippen LogP contribution in [-0.2, 0) is 9.59 Å². The molecule has 120 valence electrons. The van der Waals surface area contributed by atoms with E-state index < -0.39 is 6.10 Å². The molecule has 2 amide bonds. The van der Waals surface area contributed by atoms with E-state index in [1.807, 2.05) is 0 Å². The zero-order chi connectivity index (χ0) is 14.8. The second-order valence-corrected chi connectivity index (χ2v) is 5.45. The van der Waals surface area contributed by atoms with Gasteiger partial charge < -0.3 is 20.7 Å². The molecule has 3 N–H and O–H groups in total. The lowest BCUT2D eigenvalue weighted by atomic mass is 10.0. The summed E-state index contributed by atoms with van der Waals surface area (Å²) in [6.07, 6.45) is 2.54. The lowest BCUT2D eigenvalue weighted by Crippen LogP contribution is -2.43. The highest BCUT2D eigenvalue weighted by molar-refractivity contribution is 6.00. The molecule has 1 aromatic rings. The van der Waals surface area contributed by atoms with Crippen LogP contribution in [0.15, 0.2) is 18.2 Å². The monoisotopic (exact) mass is 325 g/mol. The number of carbonyl (C=O) groups is 2. The Bertz CT molecular complexity index is 573. The van der Waals surface area contributed by atoms with Gasteiger partial charge in [0.15, 0.2) is 6.10 Å². The van der Waals surface area contributed by atoms with Crippen LogP contribution in [0, 0.1) is 0 Å². The van der Waals surface area contributed by atoms with Crippen LogP contribution in [0.2, 0.25) is 0 Å². The van der Waals surface area contributed by atoms with Crippen molar-refractivity contribution in [3.05, 3.63) is 18.2 Å². The smallest absolute Gasteiger partial charge is 0.265 e. The Kier molecular flexibility index (Phi) is 5.26. The van der Waals surface area contributed by atoms with Crippen LogP contribution in [0.1, 0.15) is 26.2 Å². The molecule has 0 radical (unpaired) electrons. The first-order valence-corrected chi connectivity index (χ1v) is 7.29. The molecule has 7 heteroatoms. The maximum Gasteiger partial charge on any atom is 0.265 e. The molecule has 22 heavy (non-hydrogen) atoms. The fraction of sp³-hybridized carbons (Fsp3) is 0.467. The van der Waals surface area contributed by atoms with E-state index in [-0.39, 0.29) is 30.3 Å². The van der Waals surface area contributed by atoms with Crippen molar-refractivity contribution in [2.75, 3.05) is 17.2 Å². The highest BCUT2D eigenvalue weighted by atomic mass is 35.5. The minimum atomic E-state index is -0.496. The molecule has 1 saturated heterocycles. The summed E-state index contributed by atoms with van der Waals surface area (Å²) in [7, 11) is 0. The van der Waals surface area contributed by atoms with Crippen molar-refractivity contribution < 1.29 is 14.3 Å². The number of fused-ring (bicyclic) bond motifs is 1. The molecule has 0 aliphatic carbocycles. The first-order valence-electron chi connectivity index (χ1n) is 7.29. The van der Waals surface area contributed by atoms with Crippen LogP contribution in [0.3, 0.4) is 0 Å². The molecule has 6 nitrogen and oxygen atoms in total. The molecule has 0 aromatic heterocycles. The van der Waals surface area contributed by atoms with E-state index in [9.17, 15) is 9.59 Å². The molecule has 0 spiro atoms. The Morgan fingerprint density at radius 1 is 1.36 bits per heavy atom. The largest absolute Gasteiger partial charge is 0.479 e. The lowest BCUT2D eigenvalue weighted by molar-refractivity contribution is -0.122. The van der Waals surface area contributed by atoms with Gasteiger partial charge in [0, 0.05) is 5.69 Å². The van der Waals surface area contributed by atoms with E-state index in [0.717, 1.165) is 25.8 Å². The summed E-state index contributed by atoms with van der Waals surface area (Å²) in [4.78, 5) is 23.8. The van der Waals surface area contributed by atoms with Gasteiger partial charge in [-0.05, 0) is 44.5 Å². The van der Waals surface area contributed by atoms with Crippen molar-refractivity contribution in [2.24, 2.45) is 0 Å². The molecule has 1 fully saturated rings. The number of nitrogens with one attached hydrogen (secondary N) is 3. The van der Waals surface area contributed by atoms with Gasteiger partial charge in [0.1, 0.15) is 5.75 Å². The summed E-state index contributed by atoms with van der Waals surface area (Å²) in [5.74, 6) is 0.405. The molecule has 2 atom stereocenters. The van der Waals surface area contributed by atoms with Crippen molar-refractivity contribution >= 4 is 35.6 Å². The zero-order valence-electron chi connectivity index (χ0n) is 12.3. The number of rotatable bonds is 2. The summed E-state index contributed by atoms with van der Waals surface area (Å²) < 4.78 is 5.48. The van der Waals surface area contributed by atoms with E-state index in [4.69, 9.17) is 4.74 Å². The van der Waals surface area contributed by atoms with Crippen LogP contribution in [0.5, 0.6) is 5.75 Å². The first-order chi connectivity index (χ1) is 10.1. The van der Waals surface area contributed by atoms with Gasteiger partial charge in [-0.25, -0.2) is 0 Å². The van der Waals surface area contributed by atoms with Crippen LogP contribution in [-0.4, -0.2) is 30.5 Å². The molecule has 0 saturated carbocycles. The van der Waals surface area contributed by atoms with Crippen molar-refractivity contribution in [3.8, 4) is 5.75 Å². The molecule has 2 aliphatic heterocycles. The molecule has 3 rings (SSSR count). The second-order valence-electron chi connectivity index (χ2n) is 5.45. The highest BCUT2D eigenvalue weighted by Crippen LogP contribution is 2.32. The molecular formula is C15H20ClN3O3. The van der Waals surface area contributed by atoms with Crippen molar-refractivity contribution in [1.29, 1.82) is 0 Å². The number of hydrogen-bond donors (Lipinski definition) is 3. The summed E-state index contributed by atoms with van der Waals surface area (Å²) in [6, 6.07) is 5.12. The Balaban J connectivity index is 0.00000176. The van der Waals surface area contributed by atoms with Crippen molar-refractivity contribution in [1.82, 2.24) is 5.32 Å². The van der Waals surface area contributed by atoms with Crippen LogP contribution >= 0.6 is 12.4 Å². The Labute approximate surface area is 135 Å². The van der Waals surface area contributed by atoms with Gasteiger partial charge in [-0.15, -0.1) is 12.4 Å². The van der Waals surface area contributed by atoms with Gasteiger partial charge in [0.25, 0.3) is 5.91 Å². The SMILES string of the molecule is CC1Oc2ccc(NC(=O)C3CCCCN3)cc2NC1=O.Cl. The molecule has 2 aliphatic rings. The number of ether oxygens (including phenoxy) is 1. The van der Waals surface area contributed by atoms with Crippen LogP contribution in [0.25, 0.3) is 0 Å². The maximum absolute atomic E-state index is 12.2. The Hall–Kier alpha value is -1.79. The van der Waals surface area contributed by atoms with Gasteiger partial charge >= 0.3 is 0 Å². The standard InChI is InChI=1S/C15H19N3O3.ClH/c1-9-14(19)18-12-8-10(5-6-13(12)21-9)17-15(20)11-4-2-3-7-16-11;/h5-6,8-9,11,16H,2-4,7H2,1H3,(H,17,20)(H,18,19);1H. The fourth-order valence-corrected chi connectivity index (χ4v) is 2.59. The predicted molar refractivity (Wildman–Crippen MR) is 86.7 cm³/mol. The summed E-state index contributed by atoms with van der Waals surface area (Å²) >= 11 is 0. The normalized spacial score (nSPS) is 23.4. The van der Waals surface area contributed by atoms with E-state index >= 15 is 0 Å². The second kappa shape index (κ2) is 6.98. The van der Waals surface area contributed by atoms with E-state index in [1.165, 1.54) is 0 Å². The number of benzene rings is 1. The number of halogens is 1. The average Bonchev–Trinajstić information content (AvgIpc) is 2.49. The third-order valence-electron chi connectivity index (χ3n) is 3.80. The van der Waals surface area contributed by atoms with Crippen molar-refractivity contribution in [2.45, 2.75) is 38.3 Å². The van der Waals surface area contributed by atoms with E-state index in [1.54, 1.807) is 25.1 Å². The molecule has 2 heterocycles. The molecule has 1 aromatic carbocycles. The molecule has 0 bridgehead atoms. The topological polar surface area (TPSA) is 79.5 Å². The molecule has 2 unspecified atom stereocenters. The minimum absolute atomic E-state index is 0. The summed E-state index contributed by atoms with van der Waals surface area (Å²) in [6.45, 7) is 2.58. The number of piperidine rings is 1. The summed E-state index contributed by atoms with van der Waals surface area (Å²) in [5, 5.41) is 8.86. The third kappa shape index (κ3) is 3.51. The Morgan fingerprint density at radius 2 is 2.18 bits per heavy atom. The van der Waals surface area contributed by atoms with Crippen molar-refractivity contribution in [3.63, 3.8) is 0 Å². The summed E-state index contributed by atoms with van der Waals surface area (Å²) in [5.41, 5.74) is 1.25. The number of carbonyl (C=O) groups excluding carboxylic acids is 2. The maximum atomic E-state index is 12.2.